The summed E-state index contributed by atoms with van der Waals surface area (Å²) in [4.78, 5) is 13.1. The molecule has 13 heteroatoms. The Morgan fingerprint density at radius 1 is 1.14 bits per heavy atom. The van der Waals surface area contributed by atoms with Crippen LogP contribution in [0.3, 0.4) is 0 Å². The average molecular weight is 525 g/mol. The van der Waals surface area contributed by atoms with Gasteiger partial charge in [0.2, 0.25) is 0 Å². The molecule has 4 rings (SSSR count). The predicted molar refractivity (Wildman–Crippen MR) is 120 cm³/mol. The number of aliphatic carboxylic acids is 1. The highest BCUT2D eigenvalue weighted by Crippen LogP contribution is 2.34. The number of alkyl halides is 3. The number of carboxylic acid groups (broad SMARTS) is 1. The van der Waals surface area contributed by atoms with Gasteiger partial charge in [0.25, 0.3) is 0 Å². The van der Waals surface area contributed by atoms with Gasteiger partial charge in [0.05, 0.1) is 22.3 Å². The van der Waals surface area contributed by atoms with E-state index in [1.54, 1.807) is 42.6 Å². The van der Waals surface area contributed by atoms with Crippen LogP contribution in [0.25, 0.3) is 11.0 Å². The smallest absolute Gasteiger partial charge is 0.487 e. The average Bonchev–Trinajstić information content (AvgIpc) is 3.22. The number of H-pyrrole nitrogens is 1. The van der Waals surface area contributed by atoms with Crippen LogP contribution in [0.5, 0.6) is 17.2 Å². The molecule has 0 saturated heterocycles. The lowest BCUT2D eigenvalue weighted by atomic mass is 10.2. The lowest BCUT2D eigenvalue weighted by Gasteiger charge is -2.11. The molecule has 0 unspecified atom stereocenters. The molecule has 180 valence electrons. The van der Waals surface area contributed by atoms with Gasteiger partial charge in [-0.05, 0) is 42.5 Å². The Morgan fingerprint density at radius 3 is 2.57 bits per heavy atom. The summed E-state index contributed by atoms with van der Waals surface area (Å²) in [5.74, 6) is -1.39. The van der Waals surface area contributed by atoms with Crippen molar-refractivity contribution in [3.05, 3.63) is 76.0 Å². The summed E-state index contributed by atoms with van der Waals surface area (Å²) < 4.78 is 43.4. The highest BCUT2D eigenvalue weighted by atomic mass is 35.5. The van der Waals surface area contributed by atoms with Crippen LogP contribution in [0.1, 0.15) is 11.3 Å². The van der Waals surface area contributed by atoms with E-state index in [4.69, 9.17) is 47.8 Å². The molecule has 8 nitrogen and oxygen atoms in total. The van der Waals surface area contributed by atoms with Crippen molar-refractivity contribution in [1.29, 1.82) is 5.26 Å². The third kappa shape index (κ3) is 6.99. The van der Waals surface area contributed by atoms with Crippen molar-refractivity contribution in [2.24, 2.45) is 0 Å². The van der Waals surface area contributed by atoms with Crippen LogP contribution in [0.2, 0.25) is 10.0 Å². The zero-order valence-corrected chi connectivity index (χ0v) is 18.8. The van der Waals surface area contributed by atoms with Crippen LogP contribution in [0.4, 0.5) is 13.2 Å². The monoisotopic (exact) mass is 524 g/mol. The number of nitrogens with one attached hydrogen (secondary N) is 1. The van der Waals surface area contributed by atoms with Gasteiger partial charge in [-0.25, -0.2) is 9.78 Å². The summed E-state index contributed by atoms with van der Waals surface area (Å²) in [5, 5.41) is 25.0. The number of benzene rings is 2. The SMILES string of the molecule is N#Cc1cc(Cl)cc(Oc2cc(OCc3[nH]nc4ncccc34)ccc2Cl)c1.O=C(O)C(F)(F)F. The normalized spacial score (nSPS) is 10.7. The number of nitrogens with zero attached hydrogens (tertiary/aromatic N) is 3. The van der Waals surface area contributed by atoms with Gasteiger partial charge in [-0.15, -0.1) is 0 Å². The number of ether oxygens (including phenoxy) is 2. The molecule has 0 aliphatic rings. The molecule has 0 spiro atoms. The molecule has 0 atom stereocenters. The first kappa shape index (κ1) is 25.6. The van der Waals surface area contributed by atoms with Crippen molar-refractivity contribution in [1.82, 2.24) is 15.2 Å². The fraction of sp³-hybridized carbons (Fsp3) is 0.0909. The van der Waals surface area contributed by atoms with Gasteiger partial charge in [-0.1, -0.05) is 23.2 Å². The first-order chi connectivity index (χ1) is 16.6. The van der Waals surface area contributed by atoms with Crippen molar-refractivity contribution in [2.75, 3.05) is 0 Å². The minimum atomic E-state index is -5.08. The van der Waals surface area contributed by atoms with Gasteiger partial charge in [0.15, 0.2) is 5.65 Å². The summed E-state index contributed by atoms with van der Waals surface area (Å²) in [5.41, 5.74) is 1.84. The van der Waals surface area contributed by atoms with E-state index in [0.717, 1.165) is 11.1 Å². The molecule has 0 aliphatic heterocycles. The third-order valence-electron chi connectivity index (χ3n) is 4.17. The lowest BCUT2D eigenvalue weighted by molar-refractivity contribution is -0.192. The zero-order valence-electron chi connectivity index (χ0n) is 17.3. The third-order valence-corrected chi connectivity index (χ3v) is 4.70. The molecular formula is C22H13Cl2F3N4O4. The van der Waals surface area contributed by atoms with Gasteiger partial charge in [0.1, 0.15) is 23.9 Å². The summed E-state index contributed by atoms with van der Waals surface area (Å²) in [6.45, 7) is 0.277. The number of aromatic amines is 1. The zero-order chi connectivity index (χ0) is 25.6. The van der Waals surface area contributed by atoms with Gasteiger partial charge >= 0.3 is 12.1 Å². The van der Waals surface area contributed by atoms with E-state index in [9.17, 15) is 13.2 Å². The van der Waals surface area contributed by atoms with E-state index in [-0.39, 0.29) is 6.61 Å². The molecule has 0 fully saturated rings. The van der Waals surface area contributed by atoms with Gasteiger partial charge in [-0.2, -0.15) is 23.5 Å². The topological polar surface area (TPSA) is 121 Å². The number of pyridine rings is 1. The Bertz CT molecular complexity index is 1400. The van der Waals surface area contributed by atoms with Crippen molar-refractivity contribution < 1.29 is 32.5 Å². The number of aromatic nitrogens is 3. The molecule has 35 heavy (non-hydrogen) atoms. The molecule has 0 radical (unpaired) electrons. The fourth-order valence-corrected chi connectivity index (χ4v) is 3.01. The lowest BCUT2D eigenvalue weighted by Crippen LogP contribution is -2.21. The fourth-order valence-electron chi connectivity index (χ4n) is 2.63. The van der Waals surface area contributed by atoms with E-state index in [2.05, 4.69) is 15.2 Å². The van der Waals surface area contributed by atoms with Gasteiger partial charge in [-0.3, -0.25) is 5.10 Å². The summed E-state index contributed by atoms with van der Waals surface area (Å²) in [6.07, 6.45) is -3.40. The van der Waals surface area contributed by atoms with Gasteiger partial charge in [0, 0.05) is 22.7 Å². The Morgan fingerprint density at radius 2 is 1.89 bits per heavy atom. The number of rotatable bonds is 5. The summed E-state index contributed by atoms with van der Waals surface area (Å²) in [7, 11) is 0. The standard InChI is InChI=1S/C20H12Cl2N4O2.C2HF3O2/c21-13-6-12(10-23)7-15(8-13)28-19-9-14(3-4-17(19)22)27-11-18-16-2-1-5-24-20(16)26-25-18;3-2(4,5)1(6)7/h1-9H,11H2,(H,24,25,26);(H,6,7). The van der Waals surface area contributed by atoms with Crippen LogP contribution in [0, 0.1) is 11.3 Å². The van der Waals surface area contributed by atoms with Gasteiger partial charge < -0.3 is 14.6 Å². The van der Waals surface area contributed by atoms with Crippen LogP contribution in [-0.4, -0.2) is 32.4 Å². The molecule has 4 aromatic rings. The Balaban J connectivity index is 0.000000429. The predicted octanol–water partition coefficient (Wildman–Crippen LogP) is 6.14. The first-order valence-corrected chi connectivity index (χ1v) is 10.2. The van der Waals surface area contributed by atoms with E-state index >= 15 is 0 Å². The van der Waals surface area contributed by atoms with Crippen LogP contribution >= 0.6 is 23.2 Å². The second kappa shape index (κ2) is 10.9. The maximum Gasteiger partial charge on any atom is 0.490 e. The molecular weight excluding hydrogens is 512 g/mol. The van der Waals surface area contributed by atoms with E-state index < -0.39 is 12.1 Å². The van der Waals surface area contributed by atoms with Crippen LogP contribution in [0.15, 0.2) is 54.7 Å². The maximum absolute atomic E-state index is 10.6. The second-order valence-electron chi connectivity index (χ2n) is 6.65. The molecule has 0 saturated carbocycles. The summed E-state index contributed by atoms with van der Waals surface area (Å²) >= 11 is 12.3. The second-order valence-corrected chi connectivity index (χ2v) is 7.49. The number of nitriles is 1. The number of halogens is 5. The van der Waals surface area contributed by atoms with Crippen molar-refractivity contribution >= 4 is 40.2 Å². The largest absolute Gasteiger partial charge is 0.490 e. The number of fused-ring (bicyclic) bond motifs is 1. The molecule has 0 amide bonds. The Labute approximate surface area is 205 Å². The van der Waals surface area contributed by atoms with E-state index in [0.29, 0.717) is 38.5 Å². The van der Waals surface area contributed by atoms with Crippen LogP contribution in [-0.2, 0) is 11.4 Å². The number of hydrogen-bond acceptors (Lipinski definition) is 6. The van der Waals surface area contributed by atoms with Crippen molar-refractivity contribution in [2.45, 2.75) is 12.8 Å². The Kier molecular flexibility index (Phi) is 8.01. The minimum absolute atomic E-state index is 0.277. The van der Waals surface area contributed by atoms with Crippen LogP contribution < -0.4 is 9.47 Å². The number of carboxylic acids is 1. The highest BCUT2D eigenvalue weighted by molar-refractivity contribution is 6.32. The molecule has 2 heterocycles. The number of hydrogen-bond donors (Lipinski definition) is 2. The first-order valence-electron chi connectivity index (χ1n) is 9.46. The molecule has 2 aromatic heterocycles. The van der Waals surface area contributed by atoms with E-state index in [1.807, 2.05) is 18.2 Å². The minimum Gasteiger partial charge on any atom is -0.487 e. The van der Waals surface area contributed by atoms with E-state index in [1.165, 1.54) is 0 Å². The van der Waals surface area contributed by atoms with Crippen molar-refractivity contribution in [3.8, 4) is 23.3 Å². The highest BCUT2D eigenvalue weighted by Gasteiger charge is 2.38. The maximum atomic E-state index is 10.6. The number of carbonyl (C=O) groups is 1. The molecule has 0 bridgehead atoms. The molecule has 2 N–H and O–H groups in total. The van der Waals surface area contributed by atoms with Crippen molar-refractivity contribution in [3.63, 3.8) is 0 Å². The summed E-state index contributed by atoms with van der Waals surface area (Å²) in [6, 6.07) is 15.6. The molecule has 0 aliphatic carbocycles. The molecule has 2 aromatic carbocycles. The quantitative estimate of drug-likeness (QED) is 0.321. The Hall–Kier alpha value is -4.01.